The van der Waals surface area contributed by atoms with Gasteiger partial charge in [-0.1, -0.05) is 12.1 Å². The minimum atomic E-state index is -0.258. The van der Waals surface area contributed by atoms with E-state index in [2.05, 4.69) is 15.1 Å². The lowest BCUT2D eigenvalue weighted by atomic mass is 10.1. The number of rotatable bonds is 7. The molecule has 1 aliphatic heterocycles. The molecule has 2 aromatic rings. The SMILES string of the molecule is C[C@H](C(=O)Nc1ccc(N2CCOCC2)cc1)N(Cc1ccc(F)cc1)C1CC1. The van der Waals surface area contributed by atoms with Gasteiger partial charge in [-0.2, -0.15) is 0 Å². The molecule has 6 heteroatoms. The third-order valence-corrected chi connectivity index (χ3v) is 5.68. The van der Waals surface area contributed by atoms with Gasteiger partial charge in [-0.05, 0) is 61.7 Å². The molecule has 0 aromatic heterocycles. The van der Waals surface area contributed by atoms with E-state index in [1.165, 1.54) is 12.1 Å². The fourth-order valence-electron chi connectivity index (χ4n) is 3.76. The van der Waals surface area contributed by atoms with Crippen molar-refractivity contribution in [2.75, 3.05) is 36.5 Å². The molecule has 1 aliphatic carbocycles. The summed E-state index contributed by atoms with van der Waals surface area (Å²) in [5, 5.41) is 3.05. The molecule has 2 fully saturated rings. The van der Waals surface area contributed by atoms with Crippen LogP contribution < -0.4 is 10.2 Å². The number of morpholine rings is 1. The maximum absolute atomic E-state index is 13.2. The Bertz CT molecular complexity index is 815. The summed E-state index contributed by atoms with van der Waals surface area (Å²) in [6, 6.07) is 14.7. The molecule has 0 radical (unpaired) electrons. The molecule has 2 aromatic carbocycles. The number of amides is 1. The van der Waals surface area contributed by atoms with Crippen LogP contribution in [0.15, 0.2) is 48.5 Å². The van der Waals surface area contributed by atoms with Crippen molar-refractivity contribution in [2.45, 2.75) is 38.4 Å². The van der Waals surface area contributed by atoms with Gasteiger partial charge >= 0.3 is 0 Å². The number of nitrogens with zero attached hydrogens (tertiary/aromatic N) is 2. The van der Waals surface area contributed by atoms with Gasteiger partial charge in [0.05, 0.1) is 19.3 Å². The van der Waals surface area contributed by atoms with Gasteiger partial charge in [-0.25, -0.2) is 4.39 Å². The maximum Gasteiger partial charge on any atom is 0.241 e. The van der Waals surface area contributed by atoms with E-state index in [0.717, 1.165) is 56.1 Å². The van der Waals surface area contributed by atoms with E-state index in [-0.39, 0.29) is 17.8 Å². The number of carbonyl (C=O) groups excluding carboxylic acids is 1. The zero-order chi connectivity index (χ0) is 20.2. The van der Waals surface area contributed by atoms with Crippen molar-refractivity contribution in [1.82, 2.24) is 4.90 Å². The van der Waals surface area contributed by atoms with Crippen molar-refractivity contribution in [3.8, 4) is 0 Å². The van der Waals surface area contributed by atoms with Gasteiger partial charge in [0, 0.05) is 37.1 Å². The summed E-state index contributed by atoms with van der Waals surface area (Å²) in [6.45, 7) is 5.88. The molecular formula is C23H28FN3O2. The summed E-state index contributed by atoms with van der Waals surface area (Å²) in [6.07, 6.45) is 2.21. The van der Waals surface area contributed by atoms with E-state index in [4.69, 9.17) is 4.74 Å². The highest BCUT2D eigenvalue weighted by molar-refractivity contribution is 5.94. The van der Waals surface area contributed by atoms with Crippen LogP contribution in [0, 0.1) is 5.82 Å². The minimum absolute atomic E-state index is 0.0156. The van der Waals surface area contributed by atoms with Crippen molar-refractivity contribution >= 4 is 17.3 Å². The first kappa shape index (κ1) is 19.9. The van der Waals surface area contributed by atoms with Crippen LogP contribution in [0.25, 0.3) is 0 Å². The number of hydrogen-bond acceptors (Lipinski definition) is 4. The molecule has 0 bridgehead atoms. The monoisotopic (exact) mass is 397 g/mol. The van der Waals surface area contributed by atoms with Gasteiger partial charge < -0.3 is 15.0 Å². The lowest BCUT2D eigenvalue weighted by Gasteiger charge is -2.29. The zero-order valence-corrected chi connectivity index (χ0v) is 16.8. The lowest BCUT2D eigenvalue weighted by molar-refractivity contribution is -0.121. The third-order valence-electron chi connectivity index (χ3n) is 5.68. The second kappa shape index (κ2) is 8.93. The van der Waals surface area contributed by atoms with Crippen LogP contribution in [0.3, 0.4) is 0 Å². The molecular weight excluding hydrogens is 369 g/mol. The fraction of sp³-hybridized carbons (Fsp3) is 0.435. The van der Waals surface area contributed by atoms with Crippen LogP contribution >= 0.6 is 0 Å². The van der Waals surface area contributed by atoms with E-state index in [1.54, 1.807) is 12.1 Å². The van der Waals surface area contributed by atoms with Gasteiger partial charge in [-0.3, -0.25) is 9.69 Å². The summed E-state index contributed by atoms with van der Waals surface area (Å²) in [5.41, 5.74) is 2.97. The minimum Gasteiger partial charge on any atom is -0.378 e. The molecule has 5 nitrogen and oxygen atoms in total. The first-order valence-electron chi connectivity index (χ1n) is 10.3. The molecule has 1 amide bonds. The van der Waals surface area contributed by atoms with Gasteiger partial charge in [0.1, 0.15) is 5.82 Å². The van der Waals surface area contributed by atoms with E-state index in [9.17, 15) is 9.18 Å². The van der Waals surface area contributed by atoms with E-state index in [0.29, 0.717) is 12.6 Å². The summed E-state index contributed by atoms with van der Waals surface area (Å²) >= 11 is 0. The first-order valence-corrected chi connectivity index (χ1v) is 10.3. The molecule has 2 aliphatic rings. The van der Waals surface area contributed by atoms with Crippen LogP contribution in [-0.2, 0) is 16.1 Å². The molecule has 0 spiro atoms. The Balaban J connectivity index is 1.37. The van der Waals surface area contributed by atoms with Crippen LogP contribution in [0.5, 0.6) is 0 Å². The predicted molar refractivity (Wildman–Crippen MR) is 113 cm³/mol. The summed E-state index contributed by atoms with van der Waals surface area (Å²) in [4.78, 5) is 17.4. The number of benzene rings is 2. The molecule has 1 atom stereocenters. The van der Waals surface area contributed by atoms with Crippen LogP contribution in [-0.4, -0.2) is 49.2 Å². The number of nitrogens with one attached hydrogen (secondary N) is 1. The average molecular weight is 397 g/mol. The molecule has 29 heavy (non-hydrogen) atoms. The largest absolute Gasteiger partial charge is 0.378 e. The summed E-state index contributed by atoms with van der Waals surface area (Å²) in [5.74, 6) is -0.254. The van der Waals surface area contributed by atoms with Crippen molar-refractivity contribution in [3.63, 3.8) is 0 Å². The van der Waals surface area contributed by atoms with Gasteiger partial charge in [0.25, 0.3) is 0 Å². The summed E-state index contributed by atoms with van der Waals surface area (Å²) < 4.78 is 18.6. The van der Waals surface area contributed by atoms with Crippen molar-refractivity contribution in [1.29, 1.82) is 0 Å². The van der Waals surface area contributed by atoms with Crippen molar-refractivity contribution in [3.05, 3.63) is 59.9 Å². The highest BCUT2D eigenvalue weighted by Crippen LogP contribution is 2.30. The van der Waals surface area contributed by atoms with Gasteiger partial charge in [-0.15, -0.1) is 0 Å². The molecule has 1 saturated carbocycles. The Kier molecular flexibility index (Phi) is 6.11. The second-order valence-electron chi connectivity index (χ2n) is 7.84. The van der Waals surface area contributed by atoms with Crippen molar-refractivity contribution < 1.29 is 13.9 Å². The van der Waals surface area contributed by atoms with Crippen LogP contribution in [0.2, 0.25) is 0 Å². The van der Waals surface area contributed by atoms with Crippen LogP contribution in [0.1, 0.15) is 25.3 Å². The smallest absolute Gasteiger partial charge is 0.241 e. The zero-order valence-electron chi connectivity index (χ0n) is 16.8. The predicted octanol–water partition coefficient (Wildman–Crippen LogP) is 3.65. The quantitative estimate of drug-likeness (QED) is 0.775. The normalized spacial score (nSPS) is 18.0. The number of carbonyl (C=O) groups is 1. The number of hydrogen-bond donors (Lipinski definition) is 1. The molecule has 1 saturated heterocycles. The lowest BCUT2D eigenvalue weighted by Crippen LogP contribution is -2.43. The van der Waals surface area contributed by atoms with Crippen LogP contribution in [0.4, 0.5) is 15.8 Å². The fourth-order valence-corrected chi connectivity index (χ4v) is 3.76. The highest BCUT2D eigenvalue weighted by Gasteiger charge is 2.35. The Morgan fingerprint density at radius 2 is 1.79 bits per heavy atom. The molecule has 1 N–H and O–H groups in total. The Labute approximate surface area is 171 Å². The van der Waals surface area contributed by atoms with E-state index >= 15 is 0 Å². The molecule has 4 rings (SSSR count). The number of anilines is 2. The highest BCUT2D eigenvalue weighted by atomic mass is 19.1. The maximum atomic E-state index is 13.2. The molecule has 1 heterocycles. The first-order chi connectivity index (χ1) is 14.1. The topological polar surface area (TPSA) is 44.8 Å². The summed E-state index contributed by atoms with van der Waals surface area (Å²) in [7, 11) is 0. The number of ether oxygens (including phenoxy) is 1. The van der Waals surface area contributed by atoms with E-state index in [1.807, 2.05) is 31.2 Å². The van der Waals surface area contributed by atoms with Gasteiger partial charge in [0.15, 0.2) is 0 Å². The van der Waals surface area contributed by atoms with E-state index < -0.39 is 0 Å². The molecule has 154 valence electrons. The third kappa shape index (κ3) is 5.14. The Morgan fingerprint density at radius 3 is 2.41 bits per heavy atom. The number of halogens is 1. The van der Waals surface area contributed by atoms with Crippen molar-refractivity contribution in [2.24, 2.45) is 0 Å². The second-order valence-corrected chi connectivity index (χ2v) is 7.84. The van der Waals surface area contributed by atoms with Gasteiger partial charge in [0.2, 0.25) is 5.91 Å². The Hall–Kier alpha value is -2.44. The Morgan fingerprint density at radius 1 is 1.14 bits per heavy atom. The average Bonchev–Trinajstić information content (AvgIpc) is 3.59. The standard InChI is InChI=1S/C23H28FN3O2/c1-17(27(22-10-11-22)16-18-2-4-19(24)5-3-18)23(28)25-20-6-8-21(9-7-20)26-12-14-29-15-13-26/h2-9,17,22H,10-16H2,1H3,(H,25,28)/t17-/m1/s1. The molecule has 0 unspecified atom stereocenters.